The molecular formula is C15H16BrN3S2. The van der Waals surface area contributed by atoms with Gasteiger partial charge in [0, 0.05) is 33.2 Å². The fourth-order valence-electron chi connectivity index (χ4n) is 2.40. The topological polar surface area (TPSA) is 43.8 Å². The van der Waals surface area contributed by atoms with Gasteiger partial charge in [0.15, 0.2) is 5.82 Å². The SMILES string of the molecule is CCC(N)C(c1cc(Br)cs1)n1ccnc1-c1cccs1. The van der Waals surface area contributed by atoms with Crippen LogP contribution < -0.4 is 5.73 Å². The van der Waals surface area contributed by atoms with Crippen molar-refractivity contribution in [3.05, 3.63) is 50.7 Å². The molecule has 0 aliphatic rings. The van der Waals surface area contributed by atoms with Crippen LogP contribution in [0.15, 0.2) is 45.8 Å². The van der Waals surface area contributed by atoms with E-state index in [4.69, 9.17) is 5.73 Å². The molecule has 0 amide bonds. The third kappa shape index (κ3) is 2.99. The Bertz CT molecular complexity index is 702. The fourth-order valence-corrected chi connectivity index (χ4v) is 4.74. The van der Waals surface area contributed by atoms with Crippen LogP contribution in [0, 0.1) is 0 Å². The van der Waals surface area contributed by atoms with Gasteiger partial charge in [-0.05, 0) is 39.9 Å². The average Bonchev–Trinajstić information content (AvgIpc) is 3.19. The van der Waals surface area contributed by atoms with Crippen molar-refractivity contribution >= 4 is 38.6 Å². The Labute approximate surface area is 140 Å². The Kier molecular flexibility index (Phi) is 4.59. The third-order valence-electron chi connectivity index (χ3n) is 3.47. The summed E-state index contributed by atoms with van der Waals surface area (Å²) < 4.78 is 3.31. The molecule has 0 spiro atoms. The Balaban J connectivity index is 2.08. The minimum absolute atomic E-state index is 0.0588. The first kappa shape index (κ1) is 15.0. The van der Waals surface area contributed by atoms with E-state index in [1.54, 1.807) is 22.7 Å². The van der Waals surface area contributed by atoms with Gasteiger partial charge in [-0.2, -0.15) is 0 Å². The summed E-state index contributed by atoms with van der Waals surface area (Å²) >= 11 is 6.97. The smallest absolute Gasteiger partial charge is 0.150 e. The van der Waals surface area contributed by atoms with Crippen molar-refractivity contribution in [1.29, 1.82) is 0 Å². The van der Waals surface area contributed by atoms with Crippen molar-refractivity contribution in [2.45, 2.75) is 25.4 Å². The maximum absolute atomic E-state index is 6.42. The highest BCUT2D eigenvalue weighted by atomic mass is 79.9. The maximum atomic E-state index is 6.42. The highest BCUT2D eigenvalue weighted by molar-refractivity contribution is 9.10. The Hall–Kier alpha value is -0.950. The van der Waals surface area contributed by atoms with E-state index in [0.717, 1.165) is 16.7 Å². The summed E-state index contributed by atoms with van der Waals surface area (Å²) in [6.45, 7) is 2.13. The van der Waals surface area contributed by atoms with Crippen molar-refractivity contribution in [1.82, 2.24) is 9.55 Å². The quantitative estimate of drug-likeness (QED) is 0.691. The van der Waals surface area contributed by atoms with Crippen LogP contribution in [-0.4, -0.2) is 15.6 Å². The summed E-state index contributed by atoms with van der Waals surface area (Å²) in [4.78, 5) is 6.97. The fraction of sp³-hybridized carbons (Fsp3) is 0.267. The number of hydrogen-bond acceptors (Lipinski definition) is 4. The van der Waals surface area contributed by atoms with Gasteiger partial charge in [-0.3, -0.25) is 0 Å². The Morgan fingerprint density at radius 1 is 1.43 bits per heavy atom. The van der Waals surface area contributed by atoms with Crippen LogP contribution in [0.4, 0.5) is 0 Å². The van der Waals surface area contributed by atoms with Crippen LogP contribution in [0.5, 0.6) is 0 Å². The van der Waals surface area contributed by atoms with Crippen LogP contribution in [0.2, 0.25) is 0 Å². The predicted molar refractivity (Wildman–Crippen MR) is 94.0 cm³/mol. The molecule has 21 heavy (non-hydrogen) atoms. The van der Waals surface area contributed by atoms with Gasteiger partial charge in [-0.1, -0.05) is 13.0 Å². The summed E-state index contributed by atoms with van der Waals surface area (Å²) in [5.41, 5.74) is 6.42. The molecule has 3 aromatic rings. The summed E-state index contributed by atoms with van der Waals surface area (Å²) in [7, 11) is 0. The normalized spacial score (nSPS) is 14.2. The molecule has 6 heteroatoms. The van der Waals surface area contributed by atoms with Crippen LogP contribution in [-0.2, 0) is 0 Å². The van der Waals surface area contributed by atoms with Gasteiger partial charge >= 0.3 is 0 Å². The van der Waals surface area contributed by atoms with E-state index in [2.05, 4.69) is 61.4 Å². The molecule has 3 heterocycles. The Morgan fingerprint density at radius 2 is 2.29 bits per heavy atom. The molecule has 0 fully saturated rings. The monoisotopic (exact) mass is 381 g/mol. The second kappa shape index (κ2) is 6.44. The molecule has 0 radical (unpaired) electrons. The first-order chi connectivity index (χ1) is 10.2. The molecule has 0 saturated carbocycles. The molecular weight excluding hydrogens is 366 g/mol. The van der Waals surface area contributed by atoms with Crippen LogP contribution >= 0.6 is 38.6 Å². The number of imidazole rings is 1. The van der Waals surface area contributed by atoms with Gasteiger partial charge in [0.2, 0.25) is 0 Å². The van der Waals surface area contributed by atoms with Gasteiger partial charge in [0.1, 0.15) is 0 Å². The number of nitrogens with two attached hydrogens (primary N) is 1. The molecule has 0 bridgehead atoms. The van der Waals surface area contributed by atoms with E-state index < -0.39 is 0 Å². The van der Waals surface area contributed by atoms with E-state index >= 15 is 0 Å². The zero-order valence-electron chi connectivity index (χ0n) is 11.6. The Morgan fingerprint density at radius 3 is 2.90 bits per heavy atom. The van der Waals surface area contributed by atoms with Gasteiger partial charge < -0.3 is 10.3 Å². The molecule has 3 aromatic heterocycles. The van der Waals surface area contributed by atoms with Crippen LogP contribution in [0.25, 0.3) is 10.7 Å². The van der Waals surface area contributed by atoms with Crippen molar-refractivity contribution in [2.75, 3.05) is 0 Å². The first-order valence-electron chi connectivity index (χ1n) is 6.77. The zero-order chi connectivity index (χ0) is 14.8. The minimum atomic E-state index is 0.0588. The zero-order valence-corrected chi connectivity index (χ0v) is 14.8. The first-order valence-corrected chi connectivity index (χ1v) is 9.32. The summed E-state index contributed by atoms with van der Waals surface area (Å²) in [6.07, 6.45) is 4.80. The van der Waals surface area contributed by atoms with Gasteiger partial charge in [-0.25, -0.2) is 4.98 Å². The maximum Gasteiger partial charge on any atom is 0.150 e. The molecule has 3 nitrogen and oxygen atoms in total. The molecule has 0 aromatic carbocycles. The standard InChI is InChI=1S/C15H16BrN3S2/c1-2-11(17)14(13-8-10(16)9-21-13)19-6-5-18-15(19)12-4-3-7-20-12/h3-9,11,14H,2,17H2,1H3. The summed E-state index contributed by atoms with van der Waals surface area (Å²) in [6, 6.07) is 6.48. The van der Waals surface area contributed by atoms with E-state index in [0.29, 0.717) is 0 Å². The lowest BCUT2D eigenvalue weighted by Crippen LogP contribution is -2.32. The molecule has 0 aliphatic carbocycles. The van der Waals surface area contributed by atoms with E-state index in [-0.39, 0.29) is 12.1 Å². The molecule has 2 unspecified atom stereocenters. The van der Waals surface area contributed by atoms with Crippen molar-refractivity contribution in [3.63, 3.8) is 0 Å². The molecule has 3 rings (SSSR count). The lowest BCUT2D eigenvalue weighted by Gasteiger charge is -2.25. The molecule has 0 saturated heterocycles. The number of thiophene rings is 2. The second-order valence-corrected chi connectivity index (χ2v) is 7.63. The average molecular weight is 382 g/mol. The van der Waals surface area contributed by atoms with Gasteiger partial charge in [0.05, 0.1) is 10.9 Å². The van der Waals surface area contributed by atoms with Crippen molar-refractivity contribution in [3.8, 4) is 10.7 Å². The molecule has 2 atom stereocenters. The van der Waals surface area contributed by atoms with E-state index in [1.165, 1.54) is 9.75 Å². The van der Waals surface area contributed by atoms with Crippen molar-refractivity contribution in [2.24, 2.45) is 5.73 Å². The lowest BCUT2D eigenvalue weighted by atomic mass is 10.0. The summed E-state index contributed by atoms with van der Waals surface area (Å²) in [5.74, 6) is 0.989. The van der Waals surface area contributed by atoms with Crippen LogP contribution in [0.1, 0.15) is 24.3 Å². The van der Waals surface area contributed by atoms with Gasteiger partial charge in [-0.15, -0.1) is 22.7 Å². The largest absolute Gasteiger partial charge is 0.326 e. The second-order valence-electron chi connectivity index (χ2n) is 4.82. The molecule has 110 valence electrons. The van der Waals surface area contributed by atoms with Crippen molar-refractivity contribution < 1.29 is 0 Å². The number of nitrogens with zero attached hydrogens (tertiary/aromatic N) is 2. The predicted octanol–water partition coefficient (Wildman–Crippen LogP) is 4.76. The van der Waals surface area contributed by atoms with Crippen LogP contribution in [0.3, 0.4) is 0 Å². The number of rotatable bonds is 5. The summed E-state index contributed by atoms with van der Waals surface area (Å²) in [5, 5.41) is 4.18. The van der Waals surface area contributed by atoms with E-state index in [1.807, 2.05) is 12.4 Å². The minimum Gasteiger partial charge on any atom is -0.326 e. The van der Waals surface area contributed by atoms with E-state index in [9.17, 15) is 0 Å². The number of aromatic nitrogens is 2. The highest BCUT2D eigenvalue weighted by Gasteiger charge is 2.25. The number of halogens is 1. The lowest BCUT2D eigenvalue weighted by molar-refractivity contribution is 0.468. The third-order valence-corrected chi connectivity index (χ3v) is 6.10. The number of hydrogen-bond donors (Lipinski definition) is 1. The van der Waals surface area contributed by atoms with Gasteiger partial charge in [0.25, 0.3) is 0 Å². The molecule has 2 N–H and O–H groups in total. The highest BCUT2D eigenvalue weighted by Crippen LogP contribution is 2.34. The molecule has 0 aliphatic heterocycles.